The molecule has 0 unspecified atom stereocenters. The Morgan fingerprint density at radius 1 is 1.54 bits per heavy atom. The zero-order valence-electron chi connectivity index (χ0n) is 8.63. The van der Waals surface area contributed by atoms with Gasteiger partial charge >= 0.3 is 0 Å². The lowest BCUT2D eigenvalue weighted by Crippen LogP contribution is -2.43. The van der Waals surface area contributed by atoms with Gasteiger partial charge in [-0.05, 0) is 11.8 Å². The average molecular weight is 188 g/mol. The van der Waals surface area contributed by atoms with E-state index in [9.17, 15) is 4.79 Å². The van der Waals surface area contributed by atoms with Gasteiger partial charge < -0.3 is 16.2 Å². The Kier molecular flexibility index (Phi) is 4.95. The first-order chi connectivity index (χ1) is 5.87. The van der Waals surface area contributed by atoms with Crippen LogP contribution in [0, 0.1) is 5.41 Å². The van der Waals surface area contributed by atoms with Gasteiger partial charge in [-0.25, -0.2) is 0 Å². The molecule has 13 heavy (non-hydrogen) atoms. The van der Waals surface area contributed by atoms with Crippen molar-refractivity contribution in [3.05, 3.63) is 0 Å². The number of carbonyl (C=O) groups excluding carboxylic acids is 1. The molecule has 0 aromatic heterocycles. The summed E-state index contributed by atoms with van der Waals surface area (Å²) in [4.78, 5) is 11.1. The van der Waals surface area contributed by atoms with E-state index in [1.807, 2.05) is 0 Å². The van der Waals surface area contributed by atoms with E-state index in [-0.39, 0.29) is 17.9 Å². The van der Waals surface area contributed by atoms with Gasteiger partial charge in [0.05, 0.1) is 6.61 Å². The van der Waals surface area contributed by atoms with Crippen LogP contribution in [0.15, 0.2) is 0 Å². The maximum Gasteiger partial charge on any atom is 0.239 e. The van der Waals surface area contributed by atoms with Crippen LogP contribution in [-0.2, 0) is 4.79 Å². The van der Waals surface area contributed by atoms with Crippen molar-refractivity contribution in [3.8, 4) is 0 Å². The average Bonchev–Trinajstić information content (AvgIpc) is 2.00. The fourth-order valence-corrected chi connectivity index (χ4v) is 0.775. The molecule has 1 amide bonds. The lowest BCUT2D eigenvalue weighted by atomic mass is 9.92. The molecular weight excluding hydrogens is 168 g/mol. The fourth-order valence-electron chi connectivity index (χ4n) is 0.775. The Hall–Kier alpha value is -0.610. The third kappa shape index (κ3) is 6.54. The van der Waals surface area contributed by atoms with Gasteiger partial charge in [-0.2, -0.15) is 0 Å². The van der Waals surface area contributed by atoms with Gasteiger partial charge in [0.2, 0.25) is 5.91 Å². The predicted octanol–water partition coefficient (Wildman–Crippen LogP) is -0.142. The Bertz CT molecular complexity index is 163. The van der Waals surface area contributed by atoms with Crippen LogP contribution in [0.25, 0.3) is 0 Å². The van der Waals surface area contributed by atoms with E-state index in [1.165, 1.54) is 0 Å². The number of nitrogens with two attached hydrogens (primary N) is 1. The molecule has 0 radical (unpaired) electrons. The normalized spacial score (nSPS) is 13.9. The van der Waals surface area contributed by atoms with Crippen LogP contribution in [0.3, 0.4) is 0 Å². The largest absolute Gasteiger partial charge is 0.394 e. The summed E-state index contributed by atoms with van der Waals surface area (Å²) in [6.45, 7) is 6.61. The zero-order chi connectivity index (χ0) is 10.5. The molecule has 4 nitrogen and oxygen atoms in total. The second-order valence-corrected chi connectivity index (χ2v) is 4.39. The molecule has 0 saturated heterocycles. The predicted molar refractivity (Wildman–Crippen MR) is 52.1 cm³/mol. The van der Waals surface area contributed by atoms with Crippen LogP contribution in [0.4, 0.5) is 0 Å². The minimum Gasteiger partial charge on any atom is -0.394 e. The summed E-state index contributed by atoms with van der Waals surface area (Å²) in [5.74, 6) is -0.285. The minimum atomic E-state index is -0.792. The van der Waals surface area contributed by atoms with Crippen molar-refractivity contribution in [2.75, 3.05) is 13.2 Å². The number of aliphatic hydroxyl groups is 1. The van der Waals surface area contributed by atoms with Crippen molar-refractivity contribution in [1.82, 2.24) is 5.32 Å². The topological polar surface area (TPSA) is 75.4 Å². The summed E-state index contributed by atoms with van der Waals surface area (Å²) < 4.78 is 0. The highest BCUT2D eigenvalue weighted by Crippen LogP contribution is 2.16. The maximum absolute atomic E-state index is 11.1. The Balaban J connectivity index is 3.60. The summed E-state index contributed by atoms with van der Waals surface area (Å²) in [5.41, 5.74) is 5.51. The summed E-state index contributed by atoms with van der Waals surface area (Å²) in [6, 6.07) is -0.792. The molecule has 0 aromatic carbocycles. The van der Waals surface area contributed by atoms with Gasteiger partial charge in [-0.1, -0.05) is 20.8 Å². The smallest absolute Gasteiger partial charge is 0.239 e. The monoisotopic (exact) mass is 188 g/mol. The highest BCUT2D eigenvalue weighted by Gasteiger charge is 2.13. The molecular formula is C9H20N2O2. The van der Waals surface area contributed by atoms with Crippen LogP contribution in [-0.4, -0.2) is 30.2 Å². The third-order valence-electron chi connectivity index (χ3n) is 1.71. The quantitative estimate of drug-likeness (QED) is 0.574. The van der Waals surface area contributed by atoms with Crippen LogP contribution in [0.2, 0.25) is 0 Å². The van der Waals surface area contributed by atoms with Gasteiger partial charge in [-0.3, -0.25) is 4.79 Å². The molecule has 0 aliphatic carbocycles. The lowest BCUT2D eigenvalue weighted by molar-refractivity contribution is -0.123. The molecule has 0 spiro atoms. The molecule has 0 aliphatic rings. The van der Waals surface area contributed by atoms with E-state index >= 15 is 0 Å². The van der Waals surface area contributed by atoms with E-state index < -0.39 is 6.04 Å². The van der Waals surface area contributed by atoms with Crippen molar-refractivity contribution in [2.24, 2.45) is 11.1 Å². The SMILES string of the molecule is CC(C)(C)CCNC(=O)[C@@H](N)CO. The highest BCUT2D eigenvalue weighted by molar-refractivity contribution is 5.81. The second kappa shape index (κ2) is 5.19. The molecule has 1 atom stereocenters. The molecule has 0 heterocycles. The van der Waals surface area contributed by atoms with Gasteiger partial charge in [0.15, 0.2) is 0 Å². The first-order valence-corrected chi connectivity index (χ1v) is 4.51. The molecule has 0 saturated carbocycles. The van der Waals surface area contributed by atoms with Crippen molar-refractivity contribution >= 4 is 5.91 Å². The van der Waals surface area contributed by atoms with E-state index in [0.29, 0.717) is 6.54 Å². The Morgan fingerprint density at radius 3 is 2.46 bits per heavy atom. The molecule has 0 aliphatic heterocycles. The number of hydrogen-bond acceptors (Lipinski definition) is 3. The van der Waals surface area contributed by atoms with Gasteiger partial charge in [0.1, 0.15) is 6.04 Å². The zero-order valence-corrected chi connectivity index (χ0v) is 8.63. The summed E-state index contributed by atoms with van der Waals surface area (Å²) in [6.07, 6.45) is 0.900. The standard InChI is InChI=1S/C9H20N2O2/c1-9(2,3)4-5-11-8(13)7(10)6-12/h7,12H,4-6,10H2,1-3H3,(H,11,13)/t7-/m0/s1. The van der Waals surface area contributed by atoms with Crippen molar-refractivity contribution in [3.63, 3.8) is 0 Å². The van der Waals surface area contributed by atoms with Crippen LogP contribution in [0.1, 0.15) is 27.2 Å². The van der Waals surface area contributed by atoms with Crippen LogP contribution < -0.4 is 11.1 Å². The number of aliphatic hydroxyl groups excluding tert-OH is 1. The summed E-state index contributed by atoms with van der Waals surface area (Å²) in [7, 11) is 0. The number of carbonyl (C=O) groups is 1. The van der Waals surface area contributed by atoms with Gasteiger partial charge in [-0.15, -0.1) is 0 Å². The molecule has 4 heteroatoms. The summed E-state index contributed by atoms with van der Waals surface area (Å²) in [5, 5.41) is 11.2. The van der Waals surface area contributed by atoms with Crippen molar-refractivity contribution in [2.45, 2.75) is 33.2 Å². The molecule has 0 aromatic rings. The van der Waals surface area contributed by atoms with Crippen molar-refractivity contribution in [1.29, 1.82) is 0 Å². The molecule has 0 rings (SSSR count). The van der Waals surface area contributed by atoms with E-state index in [2.05, 4.69) is 26.1 Å². The Morgan fingerprint density at radius 2 is 2.08 bits per heavy atom. The van der Waals surface area contributed by atoms with Gasteiger partial charge in [0.25, 0.3) is 0 Å². The maximum atomic E-state index is 11.1. The lowest BCUT2D eigenvalue weighted by Gasteiger charge is -2.18. The van der Waals surface area contributed by atoms with E-state index in [0.717, 1.165) is 6.42 Å². The highest BCUT2D eigenvalue weighted by atomic mass is 16.3. The molecule has 4 N–H and O–H groups in total. The minimum absolute atomic E-state index is 0.205. The van der Waals surface area contributed by atoms with Crippen LogP contribution in [0.5, 0.6) is 0 Å². The molecule has 0 bridgehead atoms. The number of nitrogens with one attached hydrogen (secondary N) is 1. The van der Waals surface area contributed by atoms with Gasteiger partial charge in [0, 0.05) is 6.54 Å². The first kappa shape index (κ1) is 12.4. The number of hydrogen-bond donors (Lipinski definition) is 3. The second-order valence-electron chi connectivity index (χ2n) is 4.39. The molecule has 78 valence electrons. The number of amides is 1. The summed E-state index contributed by atoms with van der Waals surface area (Å²) >= 11 is 0. The van der Waals surface area contributed by atoms with Crippen LogP contribution >= 0.6 is 0 Å². The van der Waals surface area contributed by atoms with Crippen molar-refractivity contribution < 1.29 is 9.90 Å². The first-order valence-electron chi connectivity index (χ1n) is 4.51. The number of rotatable bonds is 4. The Labute approximate surface area is 79.5 Å². The van der Waals surface area contributed by atoms with E-state index in [4.69, 9.17) is 10.8 Å². The third-order valence-corrected chi connectivity index (χ3v) is 1.71. The molecule has 0 fully saturated rings. The van der Waals surface area contributed by atoms with E-state index in [1.54, 1.807) is 0 Å². The fraction of sp³-hybridized carbons (Fsp3) is 0.889.